The quantitative estimate of drug-likeness (QED) is 0.531. The van der Waals surface area contributed by atoms with Gasteiger partial charge in [-0.25, -0.2) is 9.78 Å². The van der Waals surface area contributed by atoms with Gasteiger partial charge in [-0.15, -0.1) is 11.3 Å². The topological polar surface area (TPSA) is 59.5 Å². The molecule has 0 aliphatic carbocycles. The van der Waals surface area contributed by atoms with Crippen molar-refractivity contribution in [1.29, 1.82) is 0 Å². The van der Waals surface area contributed by atoms with E-state index >= 15 is 0 Å². The summed E-state index contributed by atoms with van der Waals surface area (Å²) in [6.45, 7) is 9.52. The van der Waals surface area contributed by atoms with E-state index in [0.717, 1.165) is 23.4 Å². The van der Waals surface area contributed by atoms with Gasteiger partial charge < -0.3 is 9.64 Å². The molecule has 5 nitrogen and oxygen atoms in total. The van der Waals surface area contributed by atoms with Crippen LogP contribution in [0.1, 0.15) is 67.5 Å². The Morgan fingerprint density at radius 2 is 1.89 bits per heavy atom. The van der Waals surface area contributed by atoms with Crippen molar-refractivity contribution in [2.45, 2.75) is 53.0 Å². The molecule has 2 aromatic rings. The molecule has 0 fully saturated rings. The average Bonchev–Trinajstić information content (AvgIpc) is 3.15. The van der Waals surface area contributed by atoms with Gasteiger partial charge in [-0.2, -0.15) is 0 Å². The van der Waals surface area contributed by atoms with E-state index in [1.807, 2.05) is 42.2 Å². The minimum Gasteiger partial charge on any atom is -0.461 e. The molecule has 1 aromatic carbocycles. The summed E-state index contributed by atoms with van der Waals surface area (Å²) in [4.78, 5) is 31.5. The lowest BCUT2D eigenvalue weighted by Gasteiger charge is -2.27. The fourth-order valence-corrected chi connectivity index (χ4v) is 3.76. The van der Waals surface area contributed by atoms with Crippen LogP contribution in [-0.2, 0) is 16.1 Å². The highest BCUT2D eigenvalue weighted by atomic mass is 32.1. The van der Waals surface area contributed by atoms with Gasteiger partial charge in [-0.05, 0) is 31.2 Å². The van der Waals surface area contributed by atoms with Gasteiger partial charge in [0.1, 0.15) is 5.01 Å². The molecular weight excluding hydrogens is 372 g/mol. The van der Waals surface area contributed by atoms with Gasteiger partial charge in [0, 0.05) is 11.9 Å². The Hall–Kier alpha value is -2.21. The SMILES string of the molecule is CCOC(=O)c1csc(CN(CCC(C)C)C(=O)C(CC)c2ccccc2)n1. The molecule has 0 N–H and O–H groups in total. The summed E-state index contributed by atoms with van der Waals surface area (Å²) in [5.41, 5.74) is 1.35. The van der Waals surface area contributed by atoms with E-state index in [-0.39, 0.29) is 11.8 Å². The first kappa shape index (κ1) is 22.1. The van der Waals surface area contributed by atoms with Crippen molar-refractivity contribution in [2.24, 2.45) is 5.92 Å². The van der Waals surface area contributed by atoms with Crippen LogP contribution in [0.3, 0.4) is 0 Å². The van der Waals surface area contributed by atoms with Crippen LogP contribution in [0.4, 0.5) is 0 Å². The summed E-state index contributed by atoms with van der Waals surface area (Å²) < 4.78 is 5.01. The van der Waals surface area contributed by atoms with Gasteiger partial charge in [-0.3, -0.25) is 4.79 Å². The van der Waals surface area contributed by atoms with Crippen molar-refractivity contribution in [3.05, 3.63) is 52.0 Å². The van der Waals surface area contributed by atoms with Crippen molar-refractivity contribution < 1.29 is 14.3 Å². The molecule has 1 aromatic heterocycles. The molecule has 28 heavy (non-hydrogen) atoms. The second kappa shape index (κ2) is 11.0. The van der Waals surface area contributed by atoms with E-state index in [1.165, 1.54) is 11.3 Å². The lowest BCUT2D eigenvalue weighted by Crippen LogP contribution is -2.36. The van der Waals surface area contributed by atoms with E-state index in [2.05, 4.69) is 18.8 Å². The lowest BCUT2D eigenvalue weighted by molar-refractivity contribution is -0.133. The number of hydrogen-bond acceptors (Lipinski definition) is 5. The van der Waals surface area contributed by atoms with Crippen molar-refractivity contribution in [1.82, 2.24) is 9.88 Å². The standard InChI is InChI=1S/C22H30N2O3S/c1-5-18(17-10-8-7-9-11-17)21(25)24(13-12-16(3)4)14-20-23-19(15-28-20)22(26)27-6-2/h7-11,15-16,18H,5-6,12-14H2,1-4H3. The number of hydrogen-bond donors (Lipinski definition) is 0. The average molecular weight is 403 g/mol. The predicted octanol–water partition coefficient (Wildman–Crippen LogP) is 4.89. The largest absolute Gasteiger partial charge is 0.461 e. The molecule has 1 amide bonds. The monoisotopic (exact) mass is 402 g/mol. The number of rotatable bonds is 10. The van der Waals surface area contributed by atoms with Crippen molar-refractivity contribution in [3.63, 3.8) is 0 Å². The minimum absolute atomic E-state index is 0.113. The first-order chi connectivity index (χ1) is 13.5. The van der Waals surface area contributed by atoms with Crippen LogP contribution in [-0.4, -0.2) is 34.9 Å². The van der Waals surface area contributed by atoms with Gasteiger partial charge >= 0.3 is 5.97 Å². The Kier molecular flexibility index (Phi) is 8.64. The number of thiazole rings is 1. The molecule has 6 heteroatoms. The minimum atomic E-state index is -0.416. The van der Waals surface area contributed by atoms with Gasteiger partial charge in [0.2, 0.25) is 5.91 Å². The van der Waals surface area contributed by atoms with Gasteiger partial charge in [0.05, 0.1) is 19.1 Å². The van der Waals surface area contributed by atoms with Crippen LogP contribution in [0.25, 0.3) is 0 Å². The van der Waals surface area contributed by atoms with E-state index in [0.29, 0.717) is 31.3 Å². The highest BCUT2D eigenvalue weighted by molar-refractivity contribution is 7.09. The van der Waals surface area contributed by atoms with Crippen LogP contribution in [0.5, 0.6) is 0 Å². The predicted molar refractivity (Wildman–Crippen MR) is 112 cm³/mol. The first-order valence-electron chi connectivity index (χ1n) is 9.91. The molecular formula is C22H30N2O3S. The molecule has 2 rings (SSSR count). The molecule has 0 saturated carbocycles. The maximum absolute atomic E-state index is 13.3. The fraction of sp³-hybridized carbons (Fsp3) is 0.500. The first-order valence-corrected chi connectivity index (χ1v) is 10.8. The third-order valence-electron chi connectivity index (χ3n) is 4.56. The summed E-state index contributed by atoms with van der Waals surface area (Å²) in [5, 5.41) is 2.45. The van der Waals surface area contributed by atoms with Gasteiger partial charge in [-0.1, -0.05) is 51.1 Å². The summed E-state index contributed by atoms with van der Waals surface area (Å²) in [5.74, 6) is 0.0272. The van der Waals surface area contributed by atoms with E-state index < -0.39 is 5.97 Å². The van der Waals surface area contributed by atoms with Crippen LogP contribution in [0.2, 0.25) is 0 Å². The van der Waals surface area contributed by atoms with E-state index in [1.54, 1.807) is 12.3 Å². The molecule has 152 valence electrons. The zero-order valence-electron chi connectivity index (χ0n) is 17.2. The summed E-state index contributed by atoms with van der Waals surface area (Å²) in [6.07, 6.45) is 1.67. The third kappa shape index (κ3) is 6.16. The molecule has 1 unspecified atom stereocenters. The van der Waals surface area contributed by atoms with Crippen LogP contribution < -0.4 is 0 Å². The fourth-order valence-electron chi connectivity index (χ4n) is 2.99. The Balaban J connectivity index is 2.19. The molecule has 1 heterocycles. The van der Waals surface area contributed by atoms with Crippen LogP contribution >= 0.6 is 11.3 Å². The number of carbonyl (C=O) groups is 2. The Labute approximate surface area is 171 Å². The molecule has 0 aliphatic rings. The Bertz CT molecular complexity index is 758. The number of ether oxygens (including phenoxy) is 1. The molecule has 0 saturated heterocycles. The summed E-state index contributed by atoms with van der Waals surface area (Å²) >= 11 is 1.39. The molecule has 0 radical (unpaired) electrons. The van der Waals surface area contributed by atoms with E-state index in [9.17, 15) is 9.59 Å². The number of carbonyl (C=O) groups excluding carboxylic acids is 2. The highest BCUT2D eigenvalue weighted by Crippen LogP contribution is 2.24. The highest BCUT2D eigenvalue weighted by Gasteiger charge is 2.25. The summed E-state index contributed by atoms with van der Waals surface area (Å²) in [6, 6.07) is 9.92. The van der Waals surface area contributed by atoms with Crippen molar-refractivity contribution in [2.75, 3.05) is 13.2 Å². The normalized spacial score (nSPS) is 12.0. The van der Waals surface area contributed by atoms with Gasteiger partial charge in [0.15, 0.2) is 5.69 Å². The number of benzene rings is 1. The van der Waals surface area contributed by atoms with Crippen LogP contribution in [0, 0.1) is 5.92 Å². The smallest absolute Gasteiger partial charge is 0.357 e. The number of esters is 1. The summed E-state index contributed by atoms with van der Waals surface area (Å²) in [7, 11) is 0. The maximum Gasteiger partial charge on any atom is 0.357 e. The third-order valence-corrected chi connectivity index (χ3v) is 5.39. The maximum atomic E-state index is 13.3. The second-order valence-corrected chi connectivity index (χ2v) is 8.10. The number of nitrogens with zero attached hydrogens (tertiary/aromatic N) is 2. The Morgan fingerprint density at radius 1 is 1.18 bits per heavy atom. The number of amides is 1. The van der Waals surface area contributed by atoms with E-state index in [4.69, 9.17) is 4.74 Å². The zero-order valence-corrected chi connectivity index (χ0v) is 18.0. The number of aromatic nitrogens is 1. The zero-order chi connectivity index (χ0) is 20.5. The molecule has 0 aliphatic heterocycles. The second-order valence-electron chi connectivity index (χ2n) is 7.16. The molecule has 0 bridgehead atoms. The van der Waals surface area contributed by atoms with Crippen molar-refractivity contribution in [3.8, 4) is 0 Å². The Morgan fingerprint density at radius 3 is 2.50 bits per heavy atom. The lowest BCUT2D eigenvalue weighted by atomic mass is 9.94. The molecule has 0 spiro atoms. The van der Waals surface area contributed by atoms with Crippen LogP contribution in [0.15, 0.2) is 35.7 Å². The molecule has 1 atom stereocenters. The van der Waals surface area contributed by atoms with Gasteiger partial charge in [0.25, 0.3) is 0 Å². The van der Waals surface area contributed by atoms with Crippen molar-refractivity contribution >= 4 is 23.2 Å².